The van der Waals surface area contributed by atoms with Gasteiger partial charge in [-0.3, -0.25) is 10.2 Å². The van der Waals surface area contributed by atoms with Crippen molar-refractivity contribution < 1.29 is 14.3 Å². The summed E-state index contributed by atoms with van der Waals surface area (Å²) in [6.07, 6.45) is 3.26. The van der Waals surface area contributed by atoms with E-state index in [1.54, 1.807) is 30.3 Å². The van der Waals surface area contributed by atoms with Crippen molar-refractivity contribution in [3.63, 3.8) is 0 Å². The van der Waals surface area contributed by atoms with E-state index in [1.807, 2.05) is 19.9 Å². The zero-order chi connectivity index (χ0) is 16.6. The van der Waals surface area contributed by atoms with Crippen LogP contribution in [0.3, 0.4) is 0 Å². The molecule has 6 nitrogen and oxygen atoms in total. The second kappa shape index (κ2) is 5.45. The summed E-state index contributed by atoms with van der Waals surface area (Å²) < 4.78 is 11.8. The highest BCUT2D eigenvalue weighted by atomic mass is 16.5. The zero-order valence-corrected chi connectivity index (χ0v) is 13.2. The highest BCUT2D eigenvalue weighted by Gasteiger charge is 2.29. The van der Waals surface area contributed by atoms with Gasteiger partial charge in [0, 0.05) is 19.2 Å². The van der Waals surface area contributed by atoms with Gasteiger partial charge in [0.05, 0.1) is 23.7 Å². The van der Waals surface area contributed by atoms with Crippen LogP contribution in [0.25, 0.3) is 5.76 Å². The molecule has 0 amide bonds. The predicted molar refractivity (Wildman–Crippen MR) is 83.8 cm³/mol. The molecule has 2 aliphatic rings. The third-order valence-corrected chi connectivity index (χ3v) is 3.43. The number of ketones is 1. The molecule has 0 aromatic heterocycles. The van der Waals surface area contributed by atoms with Crippen molar-refractivity contribution in [2.45, 2.75) is 19.4 Å². The van der Waals surface area contributed by atoms with Gasteiger partial charge in [-0.1, -0.05) is 0 Å². The third-order valence-electron chi connectivity index (χ3n) is 3.43. The van der Waals surface area contributed by atoms with Gasteiger partial charge >= 0.3 is 0 Å². The van der Waals surface area contributed by atoms with Gasteiger partial charge in [0.15, 0.2) is 5.78 Å². The summed E-state index contributed by atoms with van der Waals surface area (Å²) in [5.74, 6) is 1.50. The third kappa shape index (κ3) is 3.20. The van der Waals surface area contributed by atoms with E-state index in [-0.39, 0.29) is 12.3 Å². The number of rotatable bonds is 2. The second-order valence-electron chi connectivity index (χ2n) is 6.08. The van der Waals surface area contributed by atoms with Crippen molar-refractivity contribution in [3.05, 3.63) is 47.4 Å². The quantitative estimate of drug-likeness (QED) is 0.900. The molecule has 1 aromatic carbocycles. The standard InChI is InChI=1S/C17H17N3O3/c1-17(2)8-15(22-16-7-12(21)10-20(3)19-16)13-6-11(9-18)4-5-14(13)23-17/h4-8,19H,10H2,1-3H3. The van der Waals surface area contributed by atoms with Crippen LogP contribution in [0.4, 0.5) is 0 Å². The van der Waals surface area contributed by atoms with E-state index in [0.717, 1.165) is 0 Å². The van der Waals surface area contributed by atoms with Gasteiger partial charge in [-0.2, -0.15) is 5.26 Å². The molecule has 23 heavy (non-hydrogen) atoms. The van der Waals surface area contributed by atoms with Crippen molar-refractivity contribution in [1.29, 1.82) is 5.26 Å². The molecule has 2 aliphatic heterocycles. The fourth-order valence-corrected chi connectivity index (χ4v) is 2.53. The SMILES string of the molecule is CN1CC(=O)C=C(OC2=CC(C)(C)Oc3ccc(C#N)cc32)N1. The molecule has 118 valence electrons. The van der Waals surface area contributed by atoms with Gasteiger partial charge < -0.3 is 9.47 Å². The fourth-order valence-electron chi connectivity index (χ4n) is 2.53. The van der Waals surface area contributed by atoms with E-state index in [9.17, 15) is 4.79 Å². The first-order valence-corrected chi connectivity index (χ1v) is 7.23. The maximum Gasteiger partial charge on any atom is 0.211 e. The fraction of sp³-hybridized carbons (Fsp3) is 0.294. The van der Waals surface area contributed by atoms with E-state index in [2.05, 4.69) is 11.5 Å². The van der Waals surface area contributed by atoms with E-state index in [0.29, 0.717) is 28.5 Å². The van der Waals surface area contributed by atoms with Gasteiger partial charge in [-0.15, -0.1) is 0 Å². The largest absolute Gasteiger partial charge is 0.483 e. The molecule has 0 saturated carbocycles. The summed E-state index contributed by atoms with van der Waals surface area (Å²) in [5.41, 5.74) is 3.63. The van der Waals surface area contributed by atoms with Crippen molar-refractivity contribution in [2.75, 3.05) is 13.6 Å². The van der Waals surface area contributed by atoms with Crippen molar-refractivity contribution in [2.24, 2.45) is 0 Å². The number of nitrogens with one attached hydrogen (secondary N) is 1. The highest BCUT2D eigenvalue weighted by molar-refractivity contribution is 5.92. The first-order chi connectivity index (χ1) is 10.9. The smallest absolute Gasteiger partial charge is 0.211 e. The number of nitrogens with zero attached hydrogens (tertiary/aromatic N) is 2. The zero-order valence-electron chi connectivity index (χ0n) is 13.2. The molecule has 0 aliphatic carbocycles. The Morgan fingerprint density at radius 3 is 2.91 bits per heavy atom. The number of hydrogen-bond acceptors (Lipinski definition) is 6. The molecule has 1 aromatic rings. The summed E-state index contributed by atoms with van der Waals surface area (Å²) >= 11 is 0. The average molecular weight is 311 g/mol. The maximum atomic E-state index is 11.7. The Morgan fingerprint density at radius 1 is 1.43 bits per heavy atom. The van der Waals surface area contributed by atoms with Crippen LogP contribution in [0.15, 0.2) is 36.2 Å². The lowest BCUT2D eigenvalue weighted by Crippen LogP contribution is -2.42. The molecular weight excluding hydrogens is 294 g/mol. The van der Waals surface area contributed by atoms with E-state index in [1.165, 1.54) is 6.08 Å². The Morgan fingerprint density at radius 2 is 2.22 bits per heavy atom. The molecule has 0 saturated heterocycles. The summed E-state index contributed by atoms with van der Waals surface area (Å²) in [5, 5.41) is 10.7. The minimum atomic E-state index is -0.554. The van der Waals surface area contributed by atoms with Gasteiger partial charge in [0.1, 0.15) is 17.1 Å². The predicted octanol–water partition coefficient (Wildman–Crippen LogP) is 1.95. The van der Waals surface area contributed by atoms with Crippen LogP contribution in [-0.4, -0.2) is 30.0 Å². The average Bonchev–Trinajstić information content (AvgIpc) is 2.44. The number of carbonyl (C=O) groups is 1. The number of nitriles is 1. The van der Waals surface area contributed by atoms with Gasteiger partial charge in [-0.25, -0.2) is 5.01 Å². The second-order valence-corrected chi connectivity index (χ2v) is 6.08. The topological polar surface area (TPSA) is 74.6 Å². The minimum absolute atomic E-state index is 0.0424. The molecule has 0 unspecified atom stereocenters. The van der Waals surface area contributed by atoms with Crippen LogP contribution in [0.1, 0.15) is 25.0 Å². The summed E-state index contributed by atoms with van der Waals surface area (Å²) in [6.45, 7) is 4.12. The number of fused-ring (bicyclic) bond motifs is 1. The molecule has 2 heterocycles. The molecule has 0 fully saturated rings. The number of ether oxygens (including phenoxy) is 2. The molecule has 0 bridgehead atoms. The lowest BCUT2D eigenvalue weighted by molar-refractivity contribution is -0.117. The number of likely N-dealkylation sites (N-methyl/N-ethyl adjacent to an activating group) is 1. The monoisotopic (exact) mass is 311 g/mol. The Bertz CT molecular complexity index is 772. The van der Waals surface area contributed by atoms with Crippen LogP contribution in [0.2, 0.25) is 0 Å². The first kappa shape index (κ1) is 15.1. The number of hydrogen-bond donors (Lipinski definition) is 1. The number of carbonyl (C=O) groups excluding carboxylic acids is 1. The molecule has 0 radical (unpaired) electrons. The van der Waals surface area contributed by atoms with Crippen molar-refractivity contribution >= 4 is 11.5 Å². The Kier molecular flexibility index (Phi) is 3.58. The lowest BCUT2D eigenvalue weighted by atomic mass is 9.99. The van der Waals surface area contributed by atoms with Gasteiger partial charge in [-0.05, 0) is 32.0 Å². The molecular formula is C17H17N3O3. The van der Waals surface area contributed by atoms with E-state index < -0.39 is 5.60 Å². The number of hydrazine groups is 1. The Balaban J connectivity index is 1.99. The Hall–Kier alpha value is -2.78. The van der Waals surface area contributed by atoms with Crippen LogP contribution < -0.4 is 10.2 Å². The molecule has 0 atom stereocenters. The summed E-state index contributed by atoms with van der Waals surface area (Å²) in [4.78, 5) is 11.7. The van der Waals surface area contributed by atoms with E-state index >= 15 is 0 Å². The molecule has 6 heteroatoms. The minimum Gasteiger partial charge on any atom is -0.483 e. The normalized spacial score (nSPS) is 19.5. The van der Waals surface area contributed by atoms with Crippen molar-refractivity contribution in [1.82, 2.24) is 10.4 Å². The van der Waals surface area contributed by atoms with Crippen LogP contribution in [-0.2, 0) is 9.53 Å². The molecule has 1 N–H and O–H groups in total. The van der Waals surface area contributed by atoms with Gasteiger partial charge in [0.2, 0.25) is 5.88 Å². The van der Waals surface area contributed by atoms with E-state index in [4.69, 9.17) is 14.7 Å². The van der Waals surface area contributed by atoms with Crippen LogP contribution in [0, 0.1) is 11.3 Å². The summed E-state index contributed by atoms with van der Waals surface area (Å²) in [6, 6.07) is 7.28. The van der Waals surface area contributed by atoms with Crippen LogP contribution >= 0.6 is 0 Å². The maximum absolute atomic E-state index is 11.7. The van der Waals surface area contributed by atoms with Gasteiger partial charge in [0.25, 0.3) is 0 Å². The van der Waals surface area contributed by atoms with Crippen LogP contribution in [0.5, 0.6) is 5.75 Å². The lowest BCUT2D eigenvalue weighted by Gasteiger charge is -2.32. The first-order valence-electron chi connectivity index (χ1n) is 7.23. The molecule has 3 rings (SSSR count). The van der Waals surface area contributed by atoms with Crippen molar-refractivity contribution in [3.8, 4) is 11.8 Å². The number of benzene rings is 1. The molecule has 0 spiro atoms. The summed E-state index contributed by atoms with van der Waals surface area (Å²) in [7, 11) is 1.76. The Labute approximate surface area is 134 Å². The highest BCUT2D eigenvalue weighted by Crippen LogP contribution is 2.38.